The van der Waals surface area contributed by atoms with E-state index < -0.39 is 0 Å². The minimum absolute atomic E-state index is 0.0640. The van der Waals surface area contributed by atoms with Crippen molar-refractivity contribution in [3.8, 4) is 0 Å². The number of hydrogen-bond acceptors (Lipinski definition) is 3. The largest absolute Gasteiger partial charge is 0.353 e. The highest BCUT2D eigenvalue weighted by Crippen LogP contribution is 2.22. The van der Waals surface area contributed by atoms with Gasteiger partial charge in [-0.3, -0.25) is 19.3 Å². The second-order valence-corrected chi connectivity index (χ2v) is 6.79. The Morgan fingerprint density at radius 3 is 2.19 bits per heavy atom. The first-order chi connectivity index (χ1) is 12.5. The summed E-state index contributed by atoms with van der Waals surface area (Å²) in [6.07, 6.45) is 0.756. The Morgan fingerprint density at radius 1 is 1.04 bits per heavy atom. The summed E-state index contributed by atoms with van der Waals surface area (Å²) in [6, 6.07) is 14.1. The summed E-state index contributed by atoms with van der Waals surface area (Å²) in [5.41, 5.74) is 1.87. The molecule has 26 heavy (non-hydrogen) atoms. The van der Waals surface area contributed by atoms with Crippen LogP contribution in [-0.4, -0.2) is 35.2 Å². The molecule has 5 nitrogen and oxygen atoms in total. The van der Waals surface area contributed by atoms with Gasteiger partial charge in [-0.1, -0.05) is 35.9 Å². The van der Waals surface area contributed by atoms with E-state index in [1.54, 1.807) is 24.3 Å². The molecule has 2 aromatic rings. The van der Waals surface area contributed by atoms with Gasteiger partial charge in [0.25, 0.3) is 11.8 Å². The van der Waals surface area contributed by atoms with Crippen LogP contribution in [0.25, 0.3) is 0 Å². The zero-order valence-electron chi connectivity index (χ0n) is 14.4. The minimum Gasteiger partial charge on any atom is -0.353 e. The van der Waals surface area contributed by atoms with Crippen molar-refractivity contribution in [2.45, 2.75) is 25.8 Å². The fourth-order valence-electron chi connectivity index (χ4n) is 3.03. The number of benzene rings is 2. The monoisotopic (exact) mass is 370 g/mol. The van der Waals surface area contributed by atoms with Crippen LogP contribution in [0.15, 0.2) is 48.5 Å². The van der Waals surface area contributed by atoms with Gasteiger partial charge in [0.15, 0.2) is 0 Å². The van der Waals surface area contributed by atoms with Crippen molar-refractivity contribution in [3.05, 3.63) is 70.2 Å². The first-order valence-corrected chi connectivity index (χ1v) is 8.82. The Bertz CT molecular complexity index is 813. The number of carbonyl (C=O) groups is 3. The summed E-state index contributed by atoms with van der Waals surface area (Å²) in [5, 5.41) is 3.57. The predicted octanol–water partition coefficient (Wildman–Crippen LogP) is 3.07. The maximum Gasteiger partial charge on any atom is 0.261 e. The first kappa shape index (κ1) is 18.1. The minimum atomic E-state index is -0.340. The van der Waals surface area contributed by atoms with Crippen molar-refractivity contribution >= 4 is 29.3 Å². The van der Waals surface area contributed by atoms with Crippen LogP contribution in [-0.2, 0) is 11.2 Å². The fraction of sp³-hybridized carbons (Fsp3) is 0.250. The maximum absolute atomic E-state index is 12.3. The Balaban J connectivity index is 1.51. The number of halogens is 1. The molecule has 3 amide bonds. The summed E-state index contributed by atoms with van der Waals surface area (Å²) in [4.78, 5) is 37.8. The molecule has 1 aliphatic heterocycles. The number of fused-ring (bicyclic) bond motifs is 1. The number of amides is 3. The third-order valence-electron chi connectivity index (χ3n) is 4.30. The molecule has 0 aliphatic carbocycles. The van der Waals surface area contributed by atoms with E-state index in [1.807, 2.05) is 31.2 Å². The van der Waals surface area contributed by atoms with Crippen molar-refractivity contribution in [3.63, 3.8) is 0 Å². The summed E-state index contributed by atoms with van der Waals surface area (Å²) >= 11 is 5.86. The van der Waals surface area contributed by atoms with Gasteiger partial charge in [0.05, 0.1) is 11.1 Å². The van der Waals surface area contributed by atoms with Gasteiger partial charge in [-0.25, -0.2) is 0 Å². The number of nitrogens with zero attached hydrogens (tertiary/aromatic N) is 1. The standard InChI is InChI=1S/C20H19ClN2O3/c1-13(12-14-6-8-15(21)9-7-14)22-18(24)10-11-23-19(25)16-4-2-3-5-17(16)20(23)26/h2-9,13H,10-12H2,1H3,(H,22,24)/t13-/m0/s1. The van der Waals surface area contributed by atoms with E-state index in [0.29, 0.717) is 22.6 Å². The molecule has 3 rings (SSSR count). The topological polar surface area (TPSA) is 66.5 Å². The molecule has 0 radical (unpaired) electrons. The van der Waals surface area contributed by atoms with E-state index >= 15 is 0 Å². The highest BCUT2D eigenvalue weighted by atomic mass is 35.5. The lowest BCUT2D eigenvalue weighted by atomic mass is 10.1. The van der Waals surface area contributed by atoms with Gasteiger partial charge in [-0.05, 0) is 43.2 Å². The molecule has 0 saturated carbocycles. The van der Waals surface area contributed by atoms with E-state index in [1.165, 1.54) is 0 Å². The lowest BCUT2D eigenvalue weighted by Gasteiger charge is -2.16. The van der Waals surface area contributed by atoms with Crippen molar-refractivity contribution in [2.24, 2.45) is 0 Å². The lowest BCUT2D eigenvalue weighted by Crippen LogP contribution is -2.38. The third kappa shape index (κ3) is 3.94. The van der Waals surface area contributed by atoms with Gasteiger partial charge in [-0.15, -0.1) is 0 Å². The zero-order valence-corrected chi connectivity index (χ0v) is 15.1. The van der Waals surface area contributed by atoms with Gasteiger partial charge >= 0.3 is 0 Å². The SMILES string of the molecule is C[C@@H](Cc1ccc(Cl)cc1)NC(=O)CCN1C(=O)c2ccccc2C1=O. The Morgan fingerprint density at radius 2 is 1.62 bits per heavy atom. The average Bonchev–Trinajstić information content (AvgIpc) is 2.86. The highest BCUT2D eigenvalue weighted by Gasteiger charge is 2.34. The smallest absolute Gasteiger partial charge is 0.261 e. The van der Waals surface area contributed by atoms with Gasteiger partial charge in [0.1, 0.15) is 0 Å². The summed E-state index contributed by atoms with van der Waals surface area (Å²) < 4.78 is 0. The molecule has 0 unspecified atom stereocenters. The van der Waals surface area contributed by atoms with Gasteiger partial charge in [0, 0.05) is 24.0 Å². The van der Waals surface area contributed by atoms with E-state index in [-0.39, 0.29) is 36.7 Å². The van der Waals surface area contributed by atoms with Crippen LogP contribution in [0.5, 0.6) is 0 Å². The fourth-order valence-corrected chi connectivity index (χ4v) is 3.15. The molecule has 1 heterocycles. The third-order valence-corrected chi connectivity index (χ3v) is 4.56. The van der Waals surface area contributed by atoms with Crippen LogP contribution in [0.1, 0.15) is 39.6 Å². The van der Waals surface area contributed by atoms with Crippen LogP contribution in [0.3, 0.4) is 0 Å². The number of hydrogen-bond donors (Lipinski definition) is 1. The number of rotatable bonds is 6. The number of nitrogens with one attached hydrogen (secondary N) is 1. The molecule has 0 aromatic heterocycles. The quantitative estimate of drug-likeness (QED) is 0.795. The Hall–Kier alpha value is -2.66. The molecule has 2 aromatic carbocycles. The molecule has 1 atom stereocenters. The summed E-state index contributed by atoms with van der Waals surface area (Å²) in [7, 11) is 0. The van der Waals surface area contributed by atoms with Crippen molar-refractivity contribution in [1.82, 2.24) is 10.2 Å². The van der Waals surface area contributed by atoms with Crippen molar-refractivity contribution in [1.29, 1.82) is 0 Å². The normalized spacial score (nSPS) is 14.3. The number of carbonyl (C=O) groups excluding carboxylic acids is 3. The molecule has 1 N–H and O–H groups in total. The summed E-state index contributed by atoms with van der Waals surface area (Å²) in [6.45, 7) is 1.99. The molecule has 0 saturated heterocycles. The van der Waals surface area contributed by atoms with Crippen LogP contribution < -0.4 is 5.32 Å². The van der Waals surface area contributed by atoms with Crippen LogP contribution in [0, 0.1) is 0 Å². The first-order valence-electron chi connectivity index (χ1n) is 8.44. The molecule has 0 spiro atoms. The Kier molecular flexibility index (Phi) is 5.38. The zero-order chi connectivity index (χ0) is 18.7. The highest BCUT2D eigenvalue weighted by molar-refractivity contribution is 6.30. The van der Waals surface area contributed by atoms with Gasteiger partial charge < -0.3 is 5.32 Å². The molecule has 134 valence electrons. The van der Waals surface area contributed by atoms with Crippen LogP contribution >= 0.6 is 11.6 Å². The van der Waals surface area contributed by atoms with Gasteiger partial charge in [0.2, 0.25) is 5.91 Å². The van der Waals surface area contributed by atoms with E-state index in [2.05, 4.69) is 5.32 Å². The van der Waals surface area contributed by atoms with Crippen LogP contribution in [0.2, 0.25) is 5.02 Å². The molecular weight excluding hydrogens is 352 g/mol. The second-order valence-electron chi connectivity index (χ2n) is 6.36. The Labute approximate surface area is 156 Å². The molecule has 0 bridgehead atoms. The van der Waals surface area contributed by atoms with Crippen molar-refractivity contribution < 1.29 is 14.4 Å². The molecule has 6 heteroatoms. The van der Waals surface area contributed by atoms with Crippen molar-refractivity contribution in [2.75, 3.05) is 6.54 Å². The number of imide groups is 1. The average molecular weight is 371 g/mol. The van der Waals surface area contributed by atoms with Gasteiger partial charge in [-0.2, -0.15) is 0 Å². The van der Waals surface area contributed by atoms with E-state index in [0.717, 1.165) is 10.5 Å². The molecule has 1 aliphatic rings. The summed E-state index contributed by atoms with van der Waals surface area (Å²) in [5.74, 6) is -0.872. The second kappa shape index (κ2) is 7.70. The van der Waals surface area contributed by atoms with E-state index in [4.69, 9.17) is 11.6 Å². The maximum atomic E-state index is 12.3. The lowest BCUT2D eigenvalue weighted by molar-refractivity contribution is -0.121. The molecular formula is C20H19ClN2O3. The molecule has 0 fully saturated rings. The predicted molar refractivity (Wildman–Crippen MR) is 99.2 cm³/mol. The van der Waals surface area contributed by atoms with Crippen LogP contribution in [0.4, 0.5) is 0 Å². The van der Waals surface area contributed by atoms with E-state index in [9.17, 15) is 14.4 Å².